The minimum absolute atomic E-state index is 0.0906. The number of halogens is 1. The molecule has 1 aliphatic heterocycles. The smallest absolute Gasteiger partial charge is 0.295 e. The highest BCUT2D eigenvalue weighted by Gasteiger charge is 2.29. The second-order valence-electron chi connectivity index (χ2n) is 6.85. The number of nitrogens with zero attached hydrogens (tertiary/aromatic N) is 3. The number of fused-ring (bicyclic) bond motifs is 1. The van der Waals surface area contributed by atoms with E-state index in [4.69, 9.17) is 0 Å². The lowest BCUT2D eigenvalue weighted by molar-refractivity contribution is -0.384. The van der Waals surface area contributed by atoms with Gasteiger partial charge in [0, 0.05) is 46.3 Å². The van der Waals surface area contributed by atoms with Crippen LogP contribution >= 0.6 is 15.9 Å². The number of H-pyrrole nitrogens is 1. The highest BCUT2D eigenvalue weighted by Crippen LogP contribution is 2.30. The third kappa shape index (κ3) is 3.95. The third-order valence-electron chi connectivity index (χ3n) is 4.93. The number of nitro benzene ring substituents is 1. The lowest BCUT2D eigenvalue weighted by Gasteiger charge is -2.15. The Kier molecular flexibility index (Phi) is 5.58. The van der Waals surface area contributed by atoms with E-state index in [1.54, 1.807) is 12.4 Å². The second kappa shape index (κ2) is 8.17. The van der Waals surface area contributed by atoms with Crippen LogP contribution < -0.4 is 5.43 Å². The summed E-state index contributed by atoms with van der Waals surface area (Å²) in [5.74, 6) is 0. The van der Waals surface area contributed by atoms with Crippen LogP contribution in [-0.4, -0.2) is 41.9 Å². The molecule has 1 aliphatic rings. The van der Waals surface area contributed by atoms with Crippen molar-refractivity contribution < 1.29 is 13.3 Å². The van der Waals surface area contributed by atoms with Crippen LogP contribution in [0.15, 0.2) is 57.1 Å². The van der Waals surface area contributed by atoms with E-state index in [1.807, 2.05) is 18.2 Å². The number of nitro groups is 1. The second-order valence-corrected chi connectivity index (χ2v) is 9.70. The van der Waals surface area contributed by atoms with E-state index in [9.17, 15) is 18.5 Å². The van der Waals surface area contributed by atoms with Crippen LogP contribution in [0.2, 0.25) is 0 Å². The van der Waals surface area contributed by atoms with Gasteiger partial charge in [0.1, 0.15) is 5.69 Å². The molecule has 4 rings (SSSR count). The molecule has 1 aromatic heterocycles. The fourth-order valence-corrected chi connectivity index (χ4v) is 5.29. The van der Waals surface area contributed by atoms with Gasteiger partial charge in [0.15, 0.2) is 0 Å². The van der Waals surface area contributed by atoms with Crippen LogP contribution in [0.25, 0.3) is 10.9 Å². The van der Waals surface area contributed by atoms with E-state index in [-0.39, 0.29) is 16.3 Å². The minimum atomic E-state index is -3.74. The summed E-state index contributed by atoms with van der Waals surface area (Å²) in [7, 11) is -3.74. The predicted molar refractivity (Wildman–Crippen MR) is 118 cm³/mol. The molecule has 1 saturated heterocycles. The van der Waals surface area contributed by atoms with Crippen molar-refractivity contribution in [3.8, 4) is 0 Å². The van der Waals surface area contributed by atoms with Gasteiger partial charge in [-0.3, -0.25) is 15.5 Å². The maximum Gasteiger partial charge on any atom is 0.295 e. The monoisotopic (exact) mass is 491 g/mol. The average molecular weight is 492 g/mol. The van der Waals surface area contributed by atoms with E-state index in [1.165, 1.54) is 16.4 Å². The topological polar surface area (TPSA) is 121 Å². The Morgan fingerprint density at radius 1 is 1.20 bits per heavy atom. The van der Waals surface area contributed by atoms with Gasteiger partial charge in [0.05, 0.1) is 16.0 Å². The maximum atomic E-state index is 12.7. The molecule has 9 nitrogen and oxygen atoms in total. The Hall–Kier alpha value is -2.76. The largest absolute Gasteiger partial charge is 0.361 e. The quantitative estimate of drug-likeness (QED) is 0.305. The third-order valence-corrected chi connectivity index (χ3v) is 7.32. The molecule has 0 amide bonds. The van der Waals surface area contributed by atoms with Gasteiger partial charge < -0.3 is 4.98 Å². The Labute approximate surface area is 181 Å². The molecule has 0 bridgehead atoms. The van der Waals surface area contributed by atoms with E-state index in [0.717, 1.165) is 39.8 Å². The summed E-state index contributed by atoms with van der Waals surface area (Å²) in [6.45, 7) is 0.863. The Morgan fingerprint density at radius 3 is 2.70 bits per heavy atom. The molecule has 156 valence electrons. The molecule has 2 N–H and O–H groups in total. The minimum Gasteiger partial charge on any atom is -0.361 e. The number of nitrogens with one attached hydrogen (secondary N) is 2. The fourth-order valence-electron chi connectivity index (χ4n) is 3.39. The summed E-state index contributed by atoms with van der Waals surface area (Å²) in [4.78, 5) is 13.9. The maximum absolute atomic E-state index is 12.7. The van der Waals surface area contributed by atoms with Gasteiger partial charge in [-0.2, -0.15) is 9.41 Å². The number of hydrazone groups is 1. The fraction of sp³-hybridized carbons (Fsp3) is 0.211. The summed E-state index contributed by atoms with van der Waals surface area (Å²) in [6, 6.07) is 9.58. The van der Waals surface area contributed by atoms with E-state index in [0.29, 0.717) is 13.1 Å². The number of hydrogen-bond acceptors (Lipinski definition) is 6. The average Bonchev–Trinajstić information content (AvgIpc) is 3.39. The van der Waals surface area contributed by atoms with E-state index >= 15 is 0 Å². The van der Waals surface area contributed by atoms with Crippen molar-refractivity contribution >= 4 is 54.4 Å². The van der Waals surface area contributed by atoms with Crippen LogP contribution in [0, 0.1) is 10.1 Å². The number of aromatic nitrogens is 1. The van der Waals surface area contributed by atoms with Crippen molar-refractivity contribution in [1.82, 2.24) is 9.29 Å². The number of anilines is 1. The molecule has 0 spiro atoms. The van der Waals surface area contributed by atoms with Gasteiger partial charge >= 0.3 is 0 Å². The molecule has 0 atom stereocenters. The van der Waals surface area contributed by atoms with Gasteiger partial charge in [-0.15, -0.1) is 0 Å². The summed E-state index contributed by atoms with van der Waals surface area (Å²) in [6.07, 6.45) is 4.91. The van der Waals surface area contributed by atoms with Gasteiger partial charge in [-0.25, -0.2) is 8.42 Å². The summed E-state index contributed by atoms with van der Waals surface area (Å²) in [5.41, 5.74) is 4.14. The number of sulfonamides is 1. The standard InChI is InChI=1S/C19H18BrN5O4S/c20-14-3-5-17-16(9-14)13(11-21-17)12-22-23-18-6-4-15(10-19(18)25(26)27)30(28,29)24-7-1-2-8-24/h3-6,9-12,21,23H,1-2,7-8H2/b22-12+. The van der Waals surface area contributed by atoms with Crippen molar-refractivity contribution in [2.75, 3.05) is 18.5 Å². The van der Waals surface area contributed by atoms with Gasteiger partial charge in [-0.1, -0.05) is 15.9 Å². The first-order valence-corrected chi connectivity index (χ1v) is 11.4. The lowest BCUT2D eigenvalue weighted by Crippen LogP contribution is -2.27. The Bertz CT molecular complexity index is 1250. The van der Waals surface area contributed by atoms with E-state index < -0.39 is 14.9 Å². The van der Waals surface area contributed by atoms with Crippen molar-refractivity contribution in [2.45, 2.75) is 17.7 Å². The molecule has 0 unspecified atom stereocenters. The summed E-state index contributed by atoms with van der Waals surface area (Å²) in [5, 5.41) is 16.6. The molecule has 2 heterocycles. The summed E-state index contributed by atoms with van der Waals surface area (Å²) < 4.78 is 27.6. The number of rotatable bonds is 6. The van der Waals surface area contributed by atoms with Gasteiger partial charge in [0.2, 0.25) is 10.0 Å². The van der Waals surface area contributed by atoms with Crippen molar-refractivity contribution in [3.05, 3.63) is 62.7 Å². The molecule has 0 radical (unpaired) electrons. The number of benzene rings is 2. The molecule has 3 aromatic rings. The molecule has 0 saturated carbocycles. The first-order valence-electron chi connectivity index (χ1n) is 9.20. The molecular formula is C19H18BrN5O4S. The Morgan fingerprint density at radius 2 is 1.97 bits per heavy atom. The molecule has 2 aromatic carbocycles. The lowest BCUT2D eigenvalue weighted by atomic mass is 10.2. The SMILES string of the molecule is O=[N+]([O-])c1cc(S(=O)(=O)N2CCCC2)ccc1N/N=C/c1c[nH]c2ccc(Br)cc12. The molecule has 0 aliphatic carbocycles. The van der Waals surface area contributed by atoms with Crippen molar-refractivity contribution in [1.29, 1.82) is 0 Å². The van der Waals surface area contributed by atoms with Crippen LogP contribution in [0.4, 0.5) is 11.4 Å². The zero-order valence-corrected chi connectivity index (χ0v) is 18.1. The predicted octanol–water partition coefficient (Wildman–Crippen LogP) is 4.07. The molecular weight excluding hydrogens is 474 g/mol. The zero-order chi connectivity index (χ0) is 21.3. The number of aromatic amines is 1. The van der Waals surface area contributed by atoms with Crippen LogP contribution in [0.5, 0.6) is 0 Å². The molecule has 1 fully saturated rings. The highest BCUT2D eigenvalue weighted by atomic mass is 79.9. The summed E-state index contributed by atoms with van der Waals surface area (Å²) >= 11 is 3.43. The molecule has 11 heteroatoms. The van der Waals surface area contributed by atoms with Gasteiger partial charge in [-0.05, 0) is 43.2 Å². The zero-order valence-electron chi connectivity index (χ0n) is 15.7. The van der Waals surface area contributed by atoms with E-state index in [2.05, 4.69) is 31.4 Å². The highest BCUT2D eigenvalue weighted by molar-refractivity contribution is 9.10. The van der Waals surface area contributed by atoms with Gasteiger partial charge in [0.25, 0.3) is 5.69 Å². The first-order chi connectivity index (χ1) is 14.4. The first kappa shape index (κ1) is 20.5. The number of hydrogen-bond donors (Lipinski definition) is 2. The van der Waals surface area contributed by atoms with Crippen molar-refractivity contribution in [3.63, 3.8) is 0 Å². The normalized spacial score (nSPS) is 15.2. The van der Waals surface area contributed by atoms with Crippen LogP contribution in [-0.2, 0) is 10.0 Å². The van der Waals surface area contributed by atoms with Crippen LogP contribution in [0.1, 0.15) is 18.4 Å². The molecule has 30 heavy (non-hydrogen) atoms. The van der Waals surface area contributed by atoms with Crippen molar-refractivity contribution in [2.24, 2.45) is 5.10 Å². The Balaban J connectivity index is 1.60. The van der Waals surface area contributed by atoms with Crippen LogP contribution in [0.3, 0.4) is 0 Å².